The van der Waals surface area contributed by atoms with Crippen molar-refractivity contribution in [2.75, 3.05) is 5.01 Å². The Kier molecular flexibility index (Phi) is 4.96. The van der Waals surface area contributed by atoms with Crippen LogP contribution in [-0.4, -0.2) is 11.6 Å². The van der Waals surface area contributed by atoms with Crippen molar-refractivity contribution in [1.29, 1.82) is 0 Å². The summed E-state index contributed by atoms with van der Waals surface area (Å²) < 4.78 is -0.456. The lowest BCUT2D eigenvalue weighted by atomic mass is 9.82. The predicted molar refractivity (Wildman–Crippen MR) is 141 cm³/mol. The number of hydrazone groups is 1. The second-order valence-corrected chi connectivity index (χ2v) is 9.63. The molecule has 2 aliphatic rings. The van der Waals surface area contributed by atoms with Gasteiger partial charge in [0.2, 0.25) is 0 Å². The topological polar surface area (TPSA) is 32.7 Å². The average molecular weight is 459 g/mol. The van der Waals surface area contributed by atoms with Crippen LogP contribution in [0, 0.1) is 0 Å². The van der Waals surface area contributed by atoms with Gasteiger partial charge in [0.15, 0.2) is 0 Å². The minimum absolute atomic E-state index is 0.0853. The molecule has 0 unspecified atom stereocenters. The van der Waals surface area contributed by atoms with Gasteiger partial charge in [-0.3, -0.25) is 4.79 Å². The van der Waals surface area contributed by atoms with Gasteiger partial charge in [-0.1, -0.05) is 103 Å². The number of thioether (sulfide) groups is 1. The third-order valence-corrected chi connectivity index (χ3v) is 8.04. The molecule has 0 N–H and O–H groups in total. The summed E-state index contributed by atoms with van der Waals surface area (Å²) in [7, 11) is 0. The molecule has 2 heterocycles. The summed E-state index contributed by atoms with van der Waals surface area (Å²) in [5, 5.41) is 6.18. The third-order valence-electron chi connectivity index (χ3n) is 6.41. The molecule has 164 valence electrons. The van der Waals surface area contributed by atoms with Gasteiger partial charge in [-0.25, -0.2) is 0 Å². The summed E-state index contributed by atoms with van der Waals surface area (Å²) in [6.07, 6.45) is 0. The Morgan fingerprint density at radius 3 is 1.85 bits per heavy atom. The van der Waals surface area contributed by atoms with E-state index < -0.39 is 4.75 Å². The summed E-state index contributed by atoms with van der Waals surface area (Å²) in [6, 6.07) is 39.2. The van der Waals surface area contributed by atoms with E-state index in [0.29, 0.717) is 5.57 Å². The molecule has 0 saturated carbocycles. The van der Waals surface area contributed by atoms with Gasteiger partial charge >= 0.3 is 0 Å². The second kappa shape index (κ2) is 8.15. The largest absolute Gasteiger partial charge is 0.281 e. The zero-order chi connectivity index (χ0) is 23.1. The first-order chi connectivity index (χ1) is 16.7. The van der Waals surface area contributed by atoms with Gasteiger partial charge in [0.05, 0.1) is 21.7 Å². The number of carbonyl (C=O) groups is 1. The van der Waals surface area contributed by atoms with E-state index in [-0.39, 0.29) is 5.91 Å². The molecular weight excluding hydrogens is 436 g/mol. The molecule has 1 amide bonds. The second-order valence-electron chi connectivity index (χ2n) is 8.40. The van der Waals surface area contributed by atoms with Crippen molar-refractivity contribution < 1.29 is 4.79 Å². The molecule has 0 fully saturated rings. The van der Waals surface area contributed by atoms with E-state index in [4.69, 9.17) is 0 Å². The number of fused-ring (bicyclic) bond motifs is 1. The van der Waals surface area contributed by atoms with Gasteiger partial charge in [-0.05, 0) is 41.3 Å². The normalized spacial score (nSPS) is 18.7. The van der Waals surface area contributed by atoms with E-state index in [9.17, 15) is 4.79 Å². The molecule has 0 bridgehead atoms. The Bertz CT molecular complexity index is 1400. The van der Waals surface area contributed by atoms with E-state index in [1.165, 1.54) is 21.7 Å². The van der Waals surface area contributed by atoms with E-state index in [0.717, 1.165) is 21.9 Å². The Morgan fingerprint density at radius 1 is 0.706 bits per heavy atom. The molecule has 4 aromatic carbocycles. The van der Waals surface area contributed by atoms with Gasteiger partial charge in [0.1, 0.15) is 0 Å². The fraction of sp³-hybridized carbons (Fsp3) is 0.0667. The monoisotopic (exact) mass is 458 g/mol. The van der Waals surface area contributed by atoms with Gasteiger partial charge < -0.3 is 0 Å². The number of amides is 1. The van der Waals surface area contributed by atoms with Crippen LogP contribution in [0.2, 0.25) is 0 Å². The molecular formula is C30H22N2OS. The SMILES string of the molecule is CC1=NN(c2ccccc2)C(=O)C1=C1SC(c2ccccc2)(c2ccccc2)c2ccccc21. The molecule has 2 aliphatic heterocycles. The van der Waals surface area contributed by atoms with Crippen molar-refractivity contribution in [3.8, 4) is 0 Å². The van der Waals surface area contributed by atoms with E-state index in [1.807, 2.05) is 55.5 Å². The lowest BCUT2D eigenvalue weighted by molar-refractivity contribution is -0.114. The number of carbonyl (C=O) groups excluding carboxylic acids is 1. The minimum Gasteiger partial charge on any atom is -0.267 e. The number of benzene rings is 4. The van der Waals surface area contributed by atoms with Crippen molar-refractivity contribution in [2.45, 2.75) is 11.7 Å². The predicted octanol–water partition coefficient (Wildman–Crippen LogP) is 6.86. The highest BCUT2D eigenvalue weighted by atomic mass is 32.2. The van der Waals surface area contributed by atoms with Crippen LogP contribution in [0.3, 0.4) is 0 Å². The van der Waals surface area contributed by atoms with Crippen molar-refractivity contribution in [2.24, 2.45) is 5.10 Å². The number of rotatable bonds is 3. The van der Waals surface area contributed by atoms with Crippen LogP contribution in [0.4, 0.5) is 5.69 Å². The zero-order valence-electron chi connectivity index (χ0n) is 18.7. The molecule has 34 heavy (non-hydrogen) atoms. The summed E-state index contributed by atoms with van der Waals surface area (Å²) in [5.41, 5.74) is 6.85. The number of hydrogen-bond donors (Lipinski definition) is 0. The first-order valence-electron chi connectivity index (χ1n) is 11.3. The molecule has 4 aromatic rings. The molecule has 4 heteroatoms. The molecule has 3 nitrogen and oxygen atoms in total. The van der Waals surface area contributed by atoms with Crippen LogP contribution in [0.25, 0.3) is 4.91 Å². The summed E-state index contributed by atoms with van der Waals surface area (Å²) in [6.45, 7) is 1.93. The third kappa shape index (κ3) is 3.06. The molecule has 0 radical (unpaired) electrons. The van der Waals surface area contributed by atoms with Crippen molar-refractivity contribution in [3.05, 3.63) is 143 Å². The summed E-state index contributed by atoms with van der Waals surface area (Å²) >= 11 is 1.75. The molecule has 0 saturated heterocycles. The number of anilines is 1. The highest BCUT2D eigenvalue weighted by Crippen LogP contribution is 2.62. The molecule has 0 atom stereocenters. The van der Waals surface area contributed by atoms with Crippen molar-refractivity contribution in [3.63, 3.8) is 0 Å². The Balaban J connectivity index is 1.59. The smallest absolute Gasteiger partial charge is 0.267 e. The zero-order valence-corrected chi connectivity index (χ0v) is 19.5. The van der Waals surface area contributed by atoms with E-state index in [1.54, 1.807) is 11.8 Å². The fourth-order valence-corrected chi connectivity index (χ4v) is 6.62. The highest BCUT2D eigenvalue weighted by molar-refractivity contribution is 8.10. The molecule has 0 aliphatic carbocycles. The average Bonchev–Trinajstić information content (AvgIpc) is 3.40. The van der Waals surface area contributed by atoms with E-state index in [2.05, 4.69) is 71.8 Å². The van der Waals surface area contributed by atoms with Crippen LogP contribution in [-0.2, 0) is 9.54 Å². The number of hydrogen-bond acceptors (Lipinski definition) is 3. The van der Waals surface area contributed by atoms with Crippen molar-refractivity contribution in [1.82, 2.24) is 0 Å². The maximum absolute atomic E-state index is 13.7. The molecule has 0 spiro atoms. The summed E-state index contributed by atoms with van der Waals surface area (Å²) in [5.74, 6) is -0.0853. The summed E-state index contributed by atoms with van der Waals surface area (Å²) in [4.78, 5) is 14.7. The van der Waals surface area contributed by atoms with Gasteiger partial charge in [0.25, 0.3) is 5.91 Å². The van der Waals surface area contributed by atoms with Crippen molar-refractivity contribution >= 4 is 34.0 Å². The van der Waals surface area contributed by atoms with Crippen LogP contribution < -0.4 is 5.01 Å². The maximum Gasteiger partial charge on any atom is 0.281 e. The molecule has 0 aromatic heterocycles. The highest BCUT2D eigenvalue weighted by Gasteiger charge is 2.47. The Labute approximate surface area is 203 Å². The first-order valence-corrected chi connectivity index (χ1v) is 12.1. The van der Waals surface area contributed by atoms with Crippen LogP contribution in [0.1, 0.15) is 29.2 Å². The van der Waals surface area contributed by atoms with Gasteiger partial charge in [0, 0.05) is 4.91 Å². The lowest BCUT2D eigenvalue weighted by Crippen LogP contribution is -2.23. The standard InChI is InChI=1S/C30H22N2OS/c1-21-27(29(33)32(31-21)24-17-9-4-10-18-24)28-25-19-11-12-20-26(25)30(34-28,22-13-5-2-6-14-22)23-15-7-3-8-16-23/h2-20H,1H3. The Hall–Kier alpha value is -3.89. The van der Waals surface area contributed by atoms with Gasteiger partial charge in [-0.2, -0.15) is 10.1 Å². The lowest BCUT2D eigenvalue weighted by Gasteiger charge is -2.31. The van der Waals surface area contributed by atoms with Crippen LogP contribution >= 0.6 is 11.8 Å². The van der Waals surface area contributed by atoms with E-state index >= 15 is 0 Å². The number of para-hydroxylation sites is 1. The quantitative estimate of drug-likeness (QED) is 0.314. The number of nitrogens with zero attached hydrogens (tertiary/aromatic N) is 2. The minimum atomic E-state index is -0.456. The Morgan fingerprint density at radius 2 is 1.24 bits per heavy atom. The maximum atomic E-state index is 13.7. The first kappa shape index (κ1) is 20.7. The fourth-order valence-electron chi connectivity index (χ4n) is 4.89. The molecule has 6 rings (SSSR count). The van der Waals surface area contributed by atoms with Gasteiger partial charge in [-0.15, -0.1) is 11.8 Å². The van der Waals surface area contributed by atoms with Crippen LogP contribution in [0.15, 0.2) is 126 Å². The van der Waals surface area contributed by atoms with Crippen LogP contribution in [0.5, 0.6) is 0 Å².